The molecular formula is C18H22N4O2. The fourth-order valence-corrected chi connectivity index (χ4v) is 3.07. The van der Waals surface area contributed by atoms with Crippen LogP contribution in [0.15, 0.2) is 48.8 Å². The topological polar surface area (TPSA) is 58.4 Å². The van der Waals surface area contributed by atoms with E-state index in [1.54, 1.807) is 20.7 Å². The number of hydrogen-bond acceptors (Lipinski definition) is 3. The van der Waals surface area contributed by atoms with Crippen LogP contribution in [0, 0.1) is 5.92 Å². The van der Waals surface area contributed by atoms with Crippen LogP contribution in [0.3, 0.4) is 0 Å². The average molecular weight is 326 g/mol. The maximum absolute atomic E-state index is 12.8. The summed E-state index contributed by atoms with van der Waals surface area (Å²) in [5, 5.41) is 4.15. The van der Waals surface area contributed by atoms with Gasteiger partial charge in [0.25, 0.3) is 0 Å². The van der Waals surface area contributed by atoms with Gasteiger partial charge in [-0.05, 0) is 31.5 Å². The Morgan fingerprint density at radius 2 is 2.08 bits per heavy atom. The van der Waals surface area contributed by atoms with E-state index in [2.05, 4.69) is 5.10 Å². The molecule has 0 N–H and O–H groups in total. The molecule has 0 radical (unpaired) electrons. The van der Waals surface area contributed by atoms with Crippen LogP contribution in [0.4, 0.5) is 5.69 Å². The van der Waals surface area contributed by atoms with E-state index < -0.39 is 5.92 Å². The van der Waals surface area contributed by atoms with Gasteiger partial charge in [-0.1, -0.05) is 18.2 Å². The van der Waals surface area contributed by atoms with Gasteiger partial charge < -0.3 is 9.80 Å². The molecule has 1 aromatic heterocycles. The predicted octanol–water partition coefficient (Wildman–Crippen LogP) is 1.78. The Morgan fingerprint density at radius 3 is 2.75 bits per heavy atom. The van der Waals surface area contributed by atoms with Gasteiger partial charge in [-0.3, -0.25) is 14.3 Å². The third kappa shape index (κ3) is 3.32. The first-order chi connectivity index (χ1) is 11.7. The molecule has 1 aliphatic heterocycles. The summed E-state index contributed by atoms with van der Waals surface area (Å²) < 4.78 is 1.79. The van der Waals surface area contributed by atoms with E-state index in [0.717, 1.165) is 5.69 Å². The molecule has 126 valence electrons. The van der Waals surface area contributed by atoms with Gasteiger partial charge in [0.05, 0.1) is 6.54 Å². The van der Waals surface area contributed by atoms with Crippen LogP contribution in [0.2, 0.25) is 0 Å². The van der Waals surface area contributed by atoms with Crippen molar-refractivity contribution >= 4 is 17.5 Å². The highest BCUT2D eigenvalue weighted by Crippen LogP contribution is 2.26. The minimum Gasteiger partial charge on any atom is -0.340 e. The van der Waals surface area contributed by atoms with Crippen LogP contribution >= 0.6 is 0 Å². The zero-order valence-electron chi connectivity index (χ0n) is 13.8. The van der Waals surface area contributed by atoms with Crippen molar-refractivity contribution in [3.8, 4) is 0 Å². The molecule has 0 spiro atoms. The number of carbonyl (C=O) groups excluding carboxylic acids is 2. The molecule has 3 rings (SSSR count). The number of para-hydroxylation sites is 1. The molecule has 1 aliphatic rings. The van der Waals surface area contributed by atoms with Crippen LogP contribution in [0.25, 0.3) is 0 Å². The van der Waals surface area contributed by atoms with Gasteiger partial charge >= 0.3 is 0 Å². The zero-order chi connectivity index (χ0) is 16.9. The summed E-state index contributed by atoms with van der Waals surface area (Å²) in [6, 6.07) is 11.4. The Kier molecular flexibility index (Phi) is 4.93. The summed E-state index contributed by atoms with van der Waals surface area (Å²) in [4.78, 5) is 28.9. The number of rotatable bonds is 6. The van der Waals surface area contributed by atoms with Crippen molar-refractivity contribution < 1.29 is 9.59 Å². The monoisotopic (exact) mass is 326 g/mol. The summed E-state index contributed by atoms with van der Waals surface area (Å²) in [6.45, 7) is 4.32. The molecule has 0 saturated carbocycles. The van der Waals surface area contributed by atoms with Crippen molar-refractivity contribution in [3.63, 3.8) is 0 Å². The number of nitrogens with zero attached hydrogens (tertiary/aromatic N) is 4. The fraction of sp³-hybridized carbons (Fsp3) is 0.389. The molecule has 6 nitrogen and oxygen atoms in total. The van der Waals surface area contributed by atoms with Crippen LogP contribution in [0.5, 0.6) is 0 Å². The predicted molar refractivity (Wildman–Crippen MR) is 91.4 cm³/mol. The summed E-state index contributed by atoms with van der Waals surface area (Å²) in [5.74, 6) is -0.736. The number of anilines is 1. The van der Waals surface area contributed by atoms with E-state index in [-0.39, 0.29) is 11.8 Å². The highest BCUT2D eigenvalue weighted by Gasteiger charge is 2.39. The molecule has 0 bridgehead atoms. The van der Waals surface area contributed by atoms with E-state index in [1.165, 1.54) is 0 Å². The molecule has 1 aromatic carbocycles. The van der Waals surface area contributed by atoms with Crippen molar-refractivity contribution in [2.45, 2.75) is 19.9 Å². The van der Waals surface area contributed by atoms with Crippen LogP contribution in [0.1, 0.15) is 13.3 Å². The Hall–Kier alpha value is -2.63. The molecule has 1 atom stereocenters. The molecule has 2 amide bonds. The SMILES string of the molecule is CCN(CCn1cccn1)C(=O)C1CCN(c2ccccc2)C1=O. The second kappa shape index (κ2) is 7.29. The highest BCUT2D eigenvalue weighted by molar-refractivity contribution is 6.09. The minimum atomic E-state index is -0.567. The summed E-state index contributed by atoms with van der Waals surface area (Å²) >= 11 is 0. The third-order valence-electron chi connectivity index (χ3n) is 4.42. The average Bonchev–Trinajstić information content (AvgIpc) is 3.25. The molecule has 24 heavy (non-hydrogen) atoms. The van der Waals surface area contributed by atoms with Gasteiger partial charge in [0.1, 0.15) is 5.92 Å². The standard InChI is InChI=1S/C18H22N4O2/c1-2-20(13-14-21-11-6-10-19-21)17(23)16-9-12-22(18(16)24)15-7-4-3-5-8-15/h3-8,10-11,16H,2,9,12-14H2,1H3. The van der Waals surface area contributed by atoms with Gasteiger partial charge in [0.15, 0.2) is 0 Å². The second-order valence-electron chi connectivity index (χ2n) is 5.85. The molecule has 1 saturated heterocycles. The summed E-state index contributed by atoms with van der Waals surface area (Å²) in [5.41, 5.74) is 0.859. The molecule has 1 fully saturated rings. The van der Waals surface area contributed by atoms with Gasteiger partial charge in [-0.15, -0.1) is 0 Å². The van der Waals surface area contributed by atoms with E-state index in [9.17, 15) is 9.59 Å². The lowest BCUT2D eigenvalue weighted by Gasteiger charge is -2.24. The van der Waals surface area contributed by atoms with Crippen molar-refractivity contribution in [3.05, 3.63) is 48.8 Å². The number of carbonyl (C=O) groups is 2. The van der Waals surface area contributed by atoms with E-state index in [1.807, 2.05) is 49.5 Å². The van der Waals surface area contributed by atoms with Gasteiger partial charge in [0, 0.05) is 37.7 Å². The number of likely N-dealkylation sites (N-methyl/N-ethyl adjacent to an activating group) is 1. The fourth-order valence-electron chi connectivity index (χ4n) is 3.07. The lowest BCUT2D eigenvalue weighted by atomic mass is 10.1. The third-order valence-corrected chi connectivity index (χ3v) is 4.42. The van der Waals surface area contributed by atoms with Crippen LogP contribution in [-0.4, -0.2) is 46.1 Å². The van der Waals surface area contributed by atoms with Crippen molar-refractivity contribution in [2.75, 3.05) is 24.5 Å². The normalized spacial score (nSPS) is 17.3. The number of hydrogen-bond donors (Lipinski definition) is 0. The van der Waals surface area contributed by atoms with Crippen molar-refractivity contribution in [1.29, 1.82) is 0 Å². The maximum Gasteiger partial charge on any atom is 0.239 e. The number of benzene rings is 1. The first kappa shape index (κ1) is 16.2. The molecule has 2 heterocycles. The second-order valence-corrected chi connectivity index (χ2v) is 5.85. The first-order valence-electron chi connectivity index (χ1n) is 8.33. The largest absolute Gasteiger partial charge is 0.340 e. The maximum atomic E-state index is 12.8. The van der Waals surface area contributed by atoms with E-state index >= 15 is 0 Å². The molecule has 1 unspecified atom stereocenters. The van der Waals surface area contributed by atoms with Gasteiger partial charge in [-0.25, -0.2) is 0 Å². The van der Waals surface area contributed by atoms with E-state index in [0.29, 0.717) is 32.6 Å². The van der Waals surface area contributed by atoms with Crippen molar-refractivity contribution in [1.82, 2.24) is 14.7 Å². The van der Waals surface area contributed by atoms with Crippen LogP contribution < -0.4 is 4.90 Å². The zero-order valence-corrected chi connectivity index (χ0v) is 13.8. The molecule has 0 aliphatic carbocycles. The summed E-state index contributed by atoms with van der Waals surface area (Å²) in [7, 11) is 0. The lowest BCUT2D eigenvalue weighted by Crippen LogP contribution is -2.41. The quantitative estimate of drug-likeness (QED) is 0.761. The smallest absolute Gasteiger partial charge is 0.239 e. The lowest BCUT2D eigenvalue weighted by molar-refractivity contribution is -0.139. The minimum absolute atomic E-state index is 0.0758. The molecule has 6 heteroatoms. The Morgan fingerprint density at radius 1 is 1.29 bits per heavy atom. The van der Waals surface area contributed by atoms with E-state index in [4.69, 9.17) is 0 Å². The Labute approximate surface area is 141 Å². The van der Waals surface area contributed by atoms with Gasteiger partial charge in [0.2, 0.25) is 11.8 Å². The molecular weight excluding hydrogens is 304 g/mol. The summed E-state index contributed by atoms with van der Waals surface area (Å²) in [6.07, 6.45) is 4.16. The Balaban J connectivity index is 1.64. The number of amides is 2. The van der Waals surface area contributed by atoms with Crippen LogP contribution in [-0.2, 0) is 16.1 Å². The van der Waals surface area contributed by atoms with Gasteiger partial charge in [-0.2, -0.15) is 5.10 Å². The first-order valence-corrected chi connectivity index (χ1v) is 8.33. The van der Waals surface area contributed by atoms with Crippen molar-refractivity contribution in [2.24, 2.45) is 5.92 Å². The Bertz CT molecular complexity index is 684. The molecule has 2 aromatic rings. The number of aromatic nitrogens is 2. The highest BCUT2D eigenvalue weighted by atomic mass is 16.2.